The molecule has 0 saturated heterocycles. The highest BCUT2D eigenvalue weighted by Crippen LogP contribution is 2.29. The Morgan fingerprint density at radius 1 is 1.10 bits per heavy atom. The molecular weight excluding hydrogens is 272 g/mol. The Labute approximate surface area is 123 Å². The van der Waals surface area contributed by atoms with Gasteiger partial charge in [-0.3, -0.25) is 9.59 Å². The summed E-state index contributed by atoms with van der Waals surface area (Å²) in [6.45, 7) is 0.255. The summed E-state index contributed by atoms with van der Waals surface area (Å²) in [6, 6.07) is 9.74. The normalized spacial score (nSPS) is 21.1. The Bertz CT molecular complexity index is 507. The van der Waals surface area contributed by atoms with Gasteiger partial charge >= 0.3 is 11.9 Å². The van der Waals surface area contributed by atoms with Crippen LogP contribution in [0.15, 0.2) is 42.5 Å². The average molecular weight is 290 g/mol. The van der Waals surface area contributed by atoms with Crippen LogP contribution in [0.1, 0.15) is 11.7 Å². The highest BCUT2D eigenvalue weighted by atomic mass is 16.5. The van der Waals surface area contributed by atoms with Crippen molar-refractivity contribution in [2.75, 3.05) is 20.8 Å². The highest BCUT2D eigenvalue weighted by molar-refractivity contribution is 5.95. The van der Waals surface area contributed by atoms with E-state index in [1.807, 2.05) is 42.5 Å². The molecule has 0 bridgehead atoms. The molecule has 5 heteroatoms. The largest absolute Gasteiger partial charge is 0.468 e. The predicted octanol–water partition coefficient (Wildman–Crippen LogP) is 1.89. The average Bonchev–Trinajstić information content (AvgIpc) is 2.56. The van der Waals surface area contributed by atoms with Gasteiger partial charge < -0.3 is 14.2 Å². The molecule has 112 valence electrons. The van der Waals surface area contributed by atoms with E-state index >= 15 is 0 Å². The van der Waals surface area contributed by atoms with Crippen molar-refractivity contribution in [3.8, 4) is 0 Å². The number of benzene rings is 1. The number of ether oxygens (including phenoxy) is 3. The van der Waals surface area contributed by atoms with Crippen molar-refractivity contribution in [2.24, 2.45) is 11.8 Å². The lowest BCUT2D eigenvalue weighted by molar-refractivity contribution is -0.162. The van der Waals surface area contributed by atoms with Gasteiger partial charge in [0.15, 0.2) is 5.92 Å². The summed E-state index contributed by atoms with van der Waals surface area (Å²) in [7, 11) is 2.50. The van der Waals surface area contributed by atoms with E-state index in [-0.39, 0.29) is 18.6 Å². The van der Waals surface area contributed by atoms with E-state index in [1.54, 1.807) is 0 Å². The zero-order valence-corrected chi connectivity index (χ0v) is 12.0. The molecule has 0 N–H and O–H groups in total. The molecule has 1 aromatic carbocycles. The van der Waals surface area contributed by atoms with Crippen LogP contribution in [0.4, 0.5) is 0 Å². The summed E-state index contributed by atoms with van der Waals surface area (Å²) < 4.78 is 15.1. The Morgan fingerprint density at radius 3 is 2.19 bits per heavy atom. The van der Waals surface area contributed by atoms with Crippen LogP contribution in [-0.4, -0.2) is 32.8 Å². The van der Waals surface area contributed by atoms with E-state index in [9.17, 15) is 9.59 Å². The molecule has 2 rings (SSSR count). The first kappa shape index (κ1) is 15.3. The second-order valence-electron chi connectivity index (χ2n) is 4.74. The molecule has 1 aliphatic heterocycles. The van der Waals surface area contributed by atoms with Gasteiger partial charge in [0.05, 0.1) is 20.8 Å². The van der Waals surface area contributed by atoms with Crippen LogP contribution < -0.4 is 0 Å². The first-order valence-electron chi connectivity index (χ1n) is 6.68. The van der Waals surface area contributed by atoms with E-state index in [1.165, 1.54) is 14.2 Å². The Balaban J connectivity index is 2.13. The Morgan fingerprint density at radius 2 is 1.71 bits per heavy atom. The van der Waals surface area contributed by atoms with Gasteiger partial charge in [-0.15, -0.1) is 0 Å². The van der Waals surface area contributed by atoms with Crippen LogP contribution in [0.25, 0.3) is 0 Å². The number of hydrogen-bond donors (Lipinski definition) is 0. The predicted molar refractivity (Wildman–Crippen MR) is 75.3 cm³/mol. The fraction of sp³-hybridized carbons (Fsp3) is 0.375. The minimum atomic E-state index is -0.993. The standard InChI is InChI=1S/C16H18O5/c1-19-15(17)14(16(18)20-2)12-8-9-13(21-10-12)11-6-4-3-5-7-11/h3-9,12-14H,10H2,1-2H3/t12-,13-/m0/s1. The summed E-state index contributed by atoms with van der Waals surface area (Å²) in [5, 5.41) is 0. The molecule has 0 unspecified atom stereocenters. The number of esters is 2. The first-order valence-corrected chi connectivity index (χ1v) is 6.68. The number of carbonyl (C=O) groups excluding carboxylic acids is 2. The van der Waals surface area contributed by atoms with E-state index in [0.717, 1.165) is 5.56 Å². The molecule has 0 amide bonds. The first-order chi connectivity index (χ1) is 10.2. The van der Waals surface area contributed by atoms with Crippen molar-refractivity contribution in [2.45, 2.75) is 6.10 Å². The summed E-state index contributed by atoms with van der Waals surface area (Å²) in [6.07, 6.45) is 3.50. The van der Waals surface area contributed by atoms with Crippen molar-refractivity contribution in [1.82, 2.24) is 0 Å². The lowest BCUT2D eigenvalue weighted by atomic mass is 9.90. The SMILES string of the molecule is COC(=O)C(C(=O)OC)[C@H]1C=C[C@@H](c2ccccc2)OC1. The van der Waals surface area contributed by atoms with Crippen LogP contribution >= 0.6 is 0 Å². The van der Waals surface area contributed by atoms with Gasteiger partial charge in [-0.2, -0.15) is 0 Å². The minimum Gasteiger partial charge on any atom is -0.468 e. The smallest absolute Gasteiger partial charge is 0.320 e. The van der Waals surface area contributed by atoms with Crippen molar-refractivity contribution in [3.05, 3.63) is 48.0 Å². The summed E-state index contributed by atoms with van der Waals surface area (Å²) in [4.78, 5) is 23.5. The molecular formula is C16H18O5. The van der Waals surface area contributed by atoms with Gasteiger partial charge in [0, 0.05) is 5.92 Å². The van der Waals surface area contributed by atoms with Crippen molar-refractivity contribution in [1.29, 1.82) is 0 Å². The fourth-order valence-corrected chi connectivity index (χ4v) is 2.33. The second kappa shape index (κ2) is 7.04. The number of carbonyl (C=O) groups is 2. The molecule has 0 aliphatic carbocycles. The van der Waals surface area contributed by atoms with E-state index in [4.69, 9.17) is 4.74 Å². The van der Waals surface area contributed by atoms with Crippen molar-refractivity contribution >= 4 is 11.9 Å². The van der Waals surface area contributed by atoms with Crippen molar-refractivity contribution < 1.29 is 23.8 Å². The van der Waals surface area contributed by atoms with Gasteiger partial charge in [0.25, 0.3) is 0 Å². The van der Waals surface area contributed by atoms with Crippen LogP contribution in [0.3, 0.4) is 0 Å². The molecule has 0 radical (unpaired) electrons. The third kappa shape index (κ3) is 3.49. The maximum absolute atomic E-state index is 11.8. The zero-order chi connectivity index (χ0) is 15.2. The molecule has 0 spiro atoms. The quantitative estimate of drug-likeness (QED) is 0.481. The molecule has 1 aromatic rings. The maximum atomic E-state index is 11.8. The Hall–Kier alpha value is -2.14. The van der Waals surface area contributed by atoms with Crippen molar-refractivity contribution in [3.63, 3.8) is 0 Å². The molecule has 21 heavy (non-hydrogen) atoms. The van der Waals surface area contributed by atoms with Gasteiger partial charge in [-0.25, -0.2) is 0 Å². The molecule has 0 aromatic heterocycles. The van der Waals surface area contributed by atoms with Gasteiger partial charge in [0.2, 0.25) is 0 Å². The van der Waals surface area contributed by atoms with Gasteiger partial charge in [-0.05, 0) is 5.56 Å². The van der Waals surface area contributed by atoms with Crippen LogP contribution in [-0.2, 0) is 23.8 Å². The minimum absolute atomic E-state index is 0.168. The van der Waals surface area contributed by atoms with E-state index in [0.29, 0.717) is 0 Å². The highest BCUT2D eigenvalue weighted by Gasteiger charge is 2.37. The third-order valence-electron chi connectivity index (χ3n) is 3.47. The lowest BCUT2D eigenvalue weighted by Crippen LogP contribution is -2.36. The number of hydrogen-bond acceptors (Lipinski definition) is 5. The van der Waals surface area contributed by atoms with Crippen LogP contribution in [0.2, 0.25) is 0 Å². The molecule has 1 aliphatic rings. The summed E-state index contributed by atoms with van der Waals surface area (Å²) in [5.41, 5.74) is 1.03. The fourth-order valence-electron chi connectivity index (χ4n) is 2.33. The molecule has 1 heterocycles. The molecule has 0 fully saturated rings. The molecule has 2 atom stereocenters. The van der Waals surface area contributed by atoms with Gasteiger partial charge in [0.1, 0.15) is 6.10 Å². The molecule has 0 saturated carbocycles. The van der Waals surface area contributed by atoms with E-state index in [2.05, 4.69) is 9.47 Å². The van der Waals surface area contributed by atoms with Crippen LogP contribution in [0.5, 0.6) is 0 Å². The maximum Gasteiger partial charge on any atom is 0.320 e. The number of methoxy groups -OCH3 is 2. The zero-order valence-electron chi connectivity index (χ0n) is 12.0. The second-order valence-corrected chi connectivity index (χ2v) is 4.74. The monoisotopic (exact) mass is 290 g/mol. The summed E-state index contributed by atoms with van der Waals surface area (Å²) >= 11 is 0. The van der Waals surface area contributed by atoms with Gasteiger partial charge in [-0.1, -0.05) is 42.5 Å². The topological polar surface area (TPSA) is 61.8 Å². The number of rotatable bonds is 4. The molecule has 5 nitrogen and oxygen atoms in total. The third-order valence-corrected chi connectivity index (χ3v) is 3.47. The summed E-state index contributed by atoms with van der Waals surface area (Å²) in [5.74, 6) is -2.60. The Kier molecular flexibility index (Phi) is 5.11. The van der Waals surface area contributed by atoms with Crippen LogP contribution in [0, 0.1) is 11.8 Å². The lowest BCUT2D eigenvalue weighted by Gasteiger charge is -2.27. The van der Waals surface area contributed by atoms with E-state index < -0.39 is 17.9 Å².